The van der Waals surface area contributed by atoms with E-state index in [0.717, 1.165) is 61.0 Å². The molecule has 6 rings (SSSR count). The van der Waals surface area contributed by atoms with Gasteiger partial charge in [-0.15, -0.1) is 5.10 Å². The Labute approximate surface area is 240 Å². The zero-order valence-corrected chi connectivity index (χ0v) is 23.7. The molecule has 0 bridgehead atoms. The maximum Gasteiger partial charge on any atom is 0.253 e. The molecule has 0 unspecified atom stereocenters. The normalized spacial score (nSPS) is 15.3. The van der Waals surface area contributed by atoms with Crippen molar-refractivity contribution in [3.8, 4) is 5.75 Å². The number of H-pyrrole nitrogens is 1. The molecule has 0 aliphatic carbocycles. The number of hydrogen-bond acceptors (Lipinski definition) is 6. The number of rotatable bonds is 9. The number of nitrogens with zero attached hydrogens (tertiary/aromatic N) is 5. The summed E-state index contributed by atoms with van der Waals surface area (Å²) in [6.07, 6.45) is 4.11. The minimum Gasteiger partial charge on any atom is -0.497 e. The first-order valence-electron chi connectivity index (χ1n) is 14.4. The lowest BCUT2D eigenvalue weighted by Crippen LogP contribution is -2.41. The topological polar surface area (TPSA) is 88.9 Å². The molecule has 0 saturated carbocycles. The molecular weight excluding hydrogens is 512 g/mol. The third kappa shape index (κ3) is 5.93. The van der Waals surface area contributed by atoms with Crippen LogP contribution in [0.15, 0.2) is 83.7 Å². The molecule has 1 aliphatic heterocycles. The average Bonchev–Trinajstić information content (AvgIpc) is 3.46. The second kappa shape index (κ2) is 12.1. The van der Waals surface area contributed by atoms with Crippen molar-refractivity contribution < 1.29 is 4.74 Å². The van der Waals surface area contributed by atoms with E-state index in [1.807, 2.05) is 41.1 Å². The molecule has 1 saturated heterocycles. The van der Waals surface area contributed by atoms with Crippen molar-refractivity contribution in [2.45, 2.75) is 45.2 Å². The van der Waals surface area contributed by atoms with Crippen molar-refractivity contribution in [2.24, 2.45) is 5.92 Å². The Kier molecular flexibility index (Phi) is 7.91. The Morgan fingerprint density at radius 3 is 2.44 bits per heavy atom. The number of nitrogens with one attached hydrogen (secondary N) is 1. The molecule has 8 heteroatoms. The van der Waals surface area contributed by atoms with Crippen molar-refractivity contribution in [3.05, 3.63) is 117 Å². The van der Waals surface area contributed by atoms with E-state index < -0.39 is 0 Å². The monoisotopic (exact) mass is 548 g/mol. The van der Waals surface area contributed by atoms with Gasteiger partial charge in [0.15, 0.2) is 5.82 Å². The van der Waals surface area contributed by atoms with Crippen molar-refractivity contribution in [3.63, 3.8) is 0 Å². The molecule has 210 valence electrons. The van der Waals surface area contributed by atoms with Crippen molar-refractivity contribution in [1.29, 1.82) is 0 Å². The molecular formula is C33H36N6O2. The third-order valence-electron chi connectivity index (χ3n) is 8.32. The Morgan fingerprint density at radius 1 is 0.951 bits per heavy atom. The fraction of sp³-hybridized carbons (Fsp3) is 0.333. The highest BCUT2D eigenvalue weighted by molar-refractivity contribution is 5.80. The number of ether oxygens (including phenoxy) is 1. The number of methoxy groups -OCH3 is 1. The lowest BCUT2D eigenvalue weighted by molar-refractivity contribution is 0.143. The van der Waals surface area contributed by atoms with Crippen LogP contribution < -0.4 is 10.3 Å². The largest absolute Gasteiger partial charge is 0.497 e. The van der Waals surface area contributed by atoms with Crippen LogP contribution in [-0.2, 0) is 19.4 Å². The summed E-state index contributed by atoms with van der Waals surface area (Å²) in [5, 5.41) is 14.0. The molecule has 0 radical (unpaired) electrons. The molecule has 3 aromatic carbocycles. The van der Waals surface area contributed by atoms with Gasteiger partial charge in [0, 0.05) is 11.1 Å². The molecule has 3 heterocycles. The van der Waals surface area contributed by atoms with Crippen LogP contribution >= 0.6 is 0 Å². The van der Waals surface area contributed by atoms with Crippen LogP contribution in [-0.4, -0.2) is 50.3 Å². The van der Waals surface area contributed by atoms with Gasteiger partial charge in [0.25, 0.3) is 5.56 Å². The number of likely N-dealkylation sites (tertiary alicyclic amines) is 1. The molecule has 8 nitrogen and oxygen atoms in total. The van der Waals surface area contributed by atoms with Crippen LogP contribution in [0.1, 0.15) is 53.9 Å². The standard InChI is InChI=1S/C33H36N6O2/c1-3-23-11-14-30-27(20-23)21-29(33(40)34-30)31(38-17-15-25(16-18-38)19-24-7-5-4-6-8-24)32-35-36-37-39(32)22-26-9-12-28(41-2)13-10-26/h4-14,20-21,25,31H,3,15-19,22H2,1-2H3,(H,34,40)/t31-/m0/s1. The van der Waals surface area contributed by atoms with E-state index in [1.54, 1.807) is 7.11 Å². The van der Waals surface area contributed by atoms with E-state index >= 15 is 0 Å². The number of tetrazole rings is 1. The van der Waals surface area contributed by atoms with Gasteiger partial charge < -0.3 is 9.72 Å². The average molecular weight is 549 g/mol. The van der Waals surface area contributed by atoms with Crippen molar-refractivity contribution in [1.82, 2.24) is 30.1 Å². The Balaban J connectivity index is 1.35. The van der Waals surface area contributed by atoms with Gasteiger partial charge >= 0.3 is 0 Å². The van der Waals surface area contributed by atoms with Crippen LogP contribution in [0.4, 0.5) is 0 Å². The summed E-state index contributed by atoms with van der Waals surface area (Å²) in [5.74, 6) is 2.08. The first kappa shape index (κ1) is 26.9. The van der Waals surface area contributed by atoms with Gasteiger partial charge in [0.2, 0.25) is 0 Å². The molecule has 0 spiro atoms. The smallest absolute Gasteiger partial charge is 0.253 e. The number of aromatic nitrogens is 5. The van der Waals surface area contributed by atoms with Gasteiger partial charge in [-0.2, -0.15) is 0 Å². The second-order valence-corrected chi connectivity index (χ2v) is 10.9. The minimum absolute atomic E-state index is 0.0999. The minimum atomic E-state index is -0.362. The van der Waals surface area contributed by atoms with E-state index in [4.69, 9.17) is 4.74 Å². The number of pyridine rings is 1. The fourth-order valence-electron chi connectivity index (χ4n) is 5.98. The third-order valence-corrected chi connectivity index (χ3v) is 8.32. The van der Waals surface area contributed by atoms with Crippen molar-refractivity contribution in [2.75, 3.05) is 20.2 Å². The van der Waals surface area contributed by atoms with E-state index in [2.05, 4.69) is 74.8 Å². The highest BCUT2D eigenvalue weighted by atomic mass is 16.5. The summed E-state index contributed by atoms with van der Waals surface area (Å²) in [6.45, 7) is 4.37. The lowest BCUT2D eigenvalue weighted by atomic mass is 9.89. The SMILES string of the molecule is CCc1ccc2[nH]c(=O)c([C@@H](c3nnnn3Cc3ccc(OC)cc3)N3CCC(Cc4ccccc4)CC3)cc2c1. The van der Waals surface area contributed by atoms with Gasteiger partial charge in [-0.05, 0) is 108 Å². The molecule has 1 N–H and O–H groups in total. The maximum atomic E-state index is 13.6. The summed E-state index contributed by atoms with van der Waals surface area (Å²) in [5.41, 5.74) is 5.09. The van der Waals surface area contributed by atoms with E-state index in [-0.39, 0.29) is 11.6 Å². The Morgan fingerprint density at radius 2 is 1.71 bits per heavy atom. The molecule has 1 atom stereocenters. The van der Waals surface area contributed by atoms with Crippen LogP contribution in [0.3, 0.4) is 0 Å². The molecule has 0 amide bonds. The molecule has 41 heavy (non-hydrogen) atoms. The van der Waals surface area contributed by atoms with Crippen LogP contribution in [0.2, 0.25) is 0 Å². The zero-order valence-electron chi connectivity index (χ0n) is 23.7. The molecule has 1 fully saturated rings. The van der Waals surface area contributed by atoms with Crippen LogP contribution in [0.5, 0.6) is 5.75 Å². The Hall–Kier alpha value is -4.30. The number of benzene rings is 3. The van der Waals surface area contributed by atoms with Gasteiger partial charge in [-0.1, -0.05) is 55.5 Å². The summed E-state index contributed by atoms with van der Waals surface area (Å²) in [4.78, 5) is 19.2. The number of hydrogen-bond donors (Lipinski definition) is 1. The predicted octanol–water partition coefficient (Wildman–Crippen LogP) is 5.18. The molecule has 5 aromatic rings. The highest BCUT2D eigenvalue weighted by Gasteiger charge is 2.33. The van der Waals surface area contributed by atoms with Crippen molar-refractivity contribution >= 4 is 10.9 Å². The number of aryl methyl sites for hydroxylation is 1. The van der Waals surface area contributed by atoms with E-state index in [1.165, 1.54) is 11.1 Å². The highest BCUT2D eigenvalue weighted by Crippen LogP contribution is 2.32. The number of fused-ring (bicyclic) bond motifs is 1. The number of aromatic amines is 1. The lowest BCUT2D eigenvalue weighted by Gasteiger charge is -2.37. The summed E-state index contributed by atoms with van der Waals surface area (Å²) in [6, 6.07) is 26.5. The first-order valence-corrected chi connectivity index (χ1v) is 14.4. The van der Waals surface area contributed by atoms with E-state index in [9.17, 15) is 4.79 Å². The maximum absolute atomic E-state index is 13.6. The quantitative estimate of drug-likeness (QED) is 0.273. The van der Waals surface area contributed by atoms with Gasteiger partial charge in [0.05, 0.1) is 13.7 Å². The second-order valence-electron chi connectivity index (χ2n) is 10.9. The summed E-state index contributed by atoms with van der Waals surface area (Å²) in [7, 11) is 1.66. The van der Waals surface area contributed by atoms with E-state index in [0.29, 0.717) is 23.9 Å². The fourth-order valence-corrected chi connectivity index (χ4v) is 5.98. The summed E-state index contributed by atoms with van der Waals surface area (Å²) < 4.78 is 7.15. The van der Waals surface area contributed by atoms with Gasteiger partial charge in [-0.3, -0.25) is 9.69 Å². The summed E-state index contributed by atoms with van der Waals surface area (Å²) >= 11 is 0. The number of piperidine rings is 1. The van der Waals surface area contributed by atoms with Crippen LogP contribution in [0, 0.1) is 5.92 Å². The van der Waals surface area contributed by atoms with Crippen LogP contribution in [0.25, 0.3) is 10.9 Å². The van der Waals surface area contributed by atoms with Gasteiger partial charge in [-0.25, -0.2) is 4.68 Å². The zero-order chi connectivity index (χ0) is 28.2. The predicted molar refractivity (Wildman–Crippen MR) is 160 cm³/mol. The Bertz CT molecular complexity index is 1650. The first-order chi connectivity index (χ1) is 20.1. The van der Waals surface area contributed by atoms with Gasteiger partial charge in [0.1, 0.15) is 11.8 Å². The molecule has 2 aromatic heterocycles. The molecule has 1 aliphatic rings.